The van der Waals surface area contributed by atoms with Crippen molar-refractivity contribution in [2.45, 2.75) is 40.3 Å². The zero-order valence-electron chi connectivity index (χ0n) is 15.7. The summed E-state index contributed by atoms with van der Waals surface area (Å²) in [5.74, 6) is 0.0603. The van der Waals surface area contributed by atoms with Crippen molar-refractivity contribution in [3.8, 4) is 5.75 Å². The van der Waals surface area contributed by atoms with Crippen LogP contribution in [0.4, 0.5) is 5.69 Å². The maximum atomic E-state index is 12.4. The van der Waals surface area contributed by atoms with Gasteiger partial charge in [-0.15, -0.1) is 0 Å². The fourth-order valence-corrected chi connectivity index (χ4v) is 2.21. The lowest BCUT2D eigenvalue weighted by Gasteiger charge is -2.24. The van der Waals surface area contributed by atoms with Gasteiger partial charge in [0.05, 0.1) is 0 Å². The molecule has 0 spiro atoms. The van der Waals surface area contributed by atoms with Crippen LogP contribution < -0.4 is 15.4 Å². The Kier molecular flexibility index (Phi) is 6.39. The molecule has 0 atom stereocenters. The second-order valence-corrected chi connectivity index (χ2v) is 7.01. The summed E-state index contributed by atoms with van der Waals surface area (Å²) in [6, 6.07) is 17.0. The lowest BCUT2D eigenvalue weighted by molar-refractivity contribution is -0.138. The standard InChI is InChI=1S/C21H26N2O3/c1-15(2)22-19(24)21(3,4)20(25)23-17-10-12-18(13-11-17)26-14-16-8-6-5-7-9-16/h5-13,15H,14H2,1-4H3,(H,22,24)(H,23,25). The molecule has 0 fully saturated rings. The van der Waals surface area contributed by atoms with Crippen LogP contribution in [0.15, 0.2) is 54.6 Å². The van der Waals surface area contributed by atoms with Gasteiger partial charge in [-0.05, 0) is 57.5 Å². The molecule has 5 nitrogen and oxygen atoms in total. The zero-order valence-corrected chi connectivity index (χ0v) is 15.7. The number of benzene rings is 2. The second-order valence-electron chi connectivity index (χ2n) is 7.01. The number of amides is 2. The Balaban J connectivity index is 1.93. The molecule has 0 saturated carbocycles. The van der Waals surface area contributed by atoms with Crippen LogP contribution in [0.25, 0.3) is 0 Å². The molecule has 2 aromatic carbocycles. The van der Waals surface area contributed by atoms with Gasteiger partial charge in [0.1, 0.15) is 17.8 Å². The SMILES string of the molecule is CC(C)NC(=O)C(C)(C)C(=O)Nc1ccc(OCc2ccccc2)cc1. The maximum Gasteiger partial charge on any atom is 0.239 e. The van der Waals surface area contributed by atoms with Gasteiger partial charge in [-0.1, -0.05) is 30.3 Å². The molecule has 5 heteroatoms. The van der Waals surface area contributed by atoms with Gasteiger partial charge in [0.15, 0.2) is 0 Å². The highest BCUT2D eigenvalue weighted by Crippen LogP contribution is 2.21. The van der Waals surface area contributed by atoms with Gasteiger partial charge in [-0.2, -0.15) is 0 Å². The molecule has 0 aromatic heterocycles. The number of anilines is 1. The summed E-state index contributed by atoms with van der Waals surface area (Å²) in [5.41, 5.74) is 0.544. The first-order chi connectivity index (χ1) is 12.3. The monoisotopic (exact) mass is 354 g/mol. The third-order valence-electron chi connectivity index (χ3n) is 3.92. The number of rotatable bonds is 7. The molecule has 26 heavy (non-hydrogen) atoms. The van der Waals surface area contributed by atoms with Crippen LogP contribution in [0.3, 0.4) is 0 Å². The molecule has 0 aliphatic rings. The van der Waals surface area contributed by atoms with Crippen LogP contribution in [0.2, 0.25) is 0 Å². The number of hydrogen-bond acceptors (Lipinski definition) is 3. The fraction of sp³-hybridized carbons (Fsp3) is 0.333. The van der Waals surface area contributed by atoms with Gasteiger partial charge in [0.2, 0.25) is 11.8 Å². The lowest BCUT2D eigenvalue weighted by atomic mass is 9.90. The summed E-state index contributed by atoms with van der Waals surface area (Å²) in [6.45, 7) is 7.42. The number of carbonyl (C=O) groups excluding carboxylic acids is 2. The summed E-state index contributed by atoms with van der Waals surface area (Å²) in [6.07, 6.45) is 0. The van der Waals surface area contributed by atoms with Crippen LogP contribution in [0.5, 0.6) is 5.75 Å². The molecule has 2 amide bonds. The van der Waals surface area contributed by atoms with Crippen LogP contribution >= 0.6 is 0 Å². The molecule has 2 rings (SSSR count). The lowest BCUT2D eigenvalue weighted by Crippen LogP contribution is -2.47. The van der Waals surface area contributed by atoms with Gasteiger partial charge in [0, 0.05) is 11.7 Å². The topological polar surface area (TPSA) is 67.4 Å². The average molecular weight is 354 g/mol. The summed E-state index contributed by atoms with van der Waals surface area (Å²) >= 11 is 0. The highest BCUT2D eigenvalue weighted by Gasteiger charge is 2.36. The Bertz CT molecular complexity index is 738. The first-order valence-electron chi connectivity index (χ1n) is 8.68. The van der Waals surface area contributed by atoms with Gasteiger partial charge in [-0.25, -0.2) is 0 Å². The summed E-state index contributed by atoms with van der Waals surface area (Å²) < 4.78 is 5.72. The van der Waals surface area contributed by atoms with Crippen molar-refractivity contribution in [3.05, 3.63) is 60.2 Å². The van der Waals surface area contributed by atoms with E-state index in [1.165, 1.54) is 0 Å². The molecule has 2 N–H and O–H groups in total. The molecule has 0 aliphatic heterocycles. The van der Waals surface area contributed by atoms with Crippen molar-refractivity contribution in [1.29, 1.82) is 0 Å². The molecule has 0 saturated heterocycles. The summed E-state index contributed by atoms with van der Waals surface area (Å²) in [5, 5.41) is 5.55. The maximum absolute atomic E-state index is 12.4. The molecule has 138 valence electrons. The van der Waals surface area contributed by atoms with E-state index >= 15 is 0 Å². The minimum Gasteiger partial charge on any atom is -0.489 e. The van der Waals surface area contributed by atoms with E-state index in [9.17, 15) is 9.59 Å². The molecule has 0 radical (unpaired) electrons. The Morgan fingerprint density at radius 2 is 1.58 bits per heavy atom. The molecule has 0 bridgehead atoms. The van der Waals surface area contributed by atoms with Crippen LogP contribution in [0.1, 0.15) is 33.3 Å². The highest BCUT2D eigenvalue weighted by molar-refractivity contribution is 6.09. The van der Waals surface area contributed by atoms with Gasteiger partial charge in [0.25, 0.3) is 0 Å². The number of carbonyl (C=O) groups is 2. The van der Waals surface area contributed by atoms with Crippen LogP contribution in [-0.2, 0) is 16.2 Å². The highest BCUT2D eigenvalue weighted by atomic mass is 16.5. The van der Waals surface area contributed by atoms with Gasteiger partial charge in [-0.3, -0.25) is 9.59 Å². The van der Waals surface area contributed by atoms with Crippen molar-refractivity contribution in [3.63, 3.8) is 0 Å². The smallest absolute Gasteiger partial charge is 0.239 e. The van der Waals surface area contributed by atoms with E-state index in [1.54, 1.807) is 38.1 Å². The van der Waals surface area contributed by atoms with E-state index in [0.717, 1.165) is 5.56 Å². The van der Waals surface area contributed by atoms with E-state index in [2.05, 4.69) is 10.6 Å². The van der Waals surface area contributed by atoms with E-state index in [4.69, 9.17) is 4.74 Å². The van der Waals surface area contributed by atoms with E-state index < -0.39 is 5.41 Å². The van der Waals surface area contributed by atoms with Crippen LogP contribution in [-0.4, -0.2) is 17.9 Å². The minimum atomic E-state index is -1.16. The Hall–Kier alpha value is -2.82. The Morgan fingerprint density at radius 3 is 2.15 bits per heavy atom. The fourth-order valence-electron chi connectivity index (χ4n) is 2.21. The van der Waals surface area contributed by atoms with Crippen molar-refractivity contribution in [2.75, 3.05) is 5.32 Å². The molecule has 0 unspecified atom stereocenters. The van der Waals surface area contributed by atoms with E-state index in [1.807, 2.05) is 44.2 Å². The largest absolute Gasteiger partial charge is 0.489 e. The average Bonchev–Trinajstić information content (AvgIpc) is 2.61. The van der Waals surface area contributed by atoms with Crippen molar-refractivity contribution in [2.24, 2.45) is 5.41 Å². The predicted molar refractivity (Wildman–Crippen MR) is 103 cm³/mol. The molecule has 2 aromatic rings. The first-order valence-corrected chi connectivity index (χ1v) is 8.68. The normalized spacial score (nSPS) is 11.1. The molecule has 0 aliphatic carbocycles. The number of nitrogens with one attached hydrogen (secondary N) is 2. The van der Waals surface area contributed by atoms with E-state index in [-0.39, 0.29) is 17.9 Å². The minimum absolute atomic E-state index is 0.0179. The van der Waals surface area contributed by atoms with Crippen molar-refractivity contribution < 1.29 is 14.3 Å². The van der Waals surface area contributed by atoms with E-state index in [0.29, 0.717) is 18.0 Å². The van der Waals surface area contributed by atoms with Crippen molar-refractivity contribution >= 4 is 17.5 Å². The van der Waals surface area contributed by atoms with Gasteiger partial charge >= 0.3 is 0 Å². The number of hydrogen-bond donors (Lipinski definition) is 2. The second kappa shape index (κ2) is 8.52. The molecular formula is C21H26N2O3. The quantitative estimate of drug-likeness (QED) is 0.744. The molecule has 0 heterocycles. The van der Waals surface area contributed by atoms with Crippen molar-refractivity contribution in [1.82, 2.24) is 5.32 Å². The third-order valence-corrected chi connectivity index (χ3v) is 3.92. The zero-order chi connectivity index (χ0) is 19.2. The number of ether oxygens (including phenoxy) is 1. The third kappa shape index (κ3) is 5.34. The molecular weight excluding hydrogens is 328 g/mol. The Morgan fingerprint density at radius 1 is 0.962 bits per heavy atom. The first kappa shape index (κ1) is 19.5. The predicted octanol–water partition coefficient (Wildman–Crippen LogP) is 3.75. The van der Waals surface area contributed by atoms with Gasteiger partial charge < -0.3 is 15.4 Å². The summed E-state index contributed by atoms with van der Waals surface area (Å²) in [4.78, 5) is 24.6. The summed E-state index contributed by atoms with van der Waals surface area (Å²) in [7, 11) is 0. The van der Waals surface area contributed by atoms with Crippen LogP contribution in [0, 0.1) is 5.41 Å². The Labute approximate surface area is 154 Å².